The summed E-state index contributed by atoms with van der Waals surface area (Å²) >= 11 is 1.81. The second-order valence-electron chi connectivity index (χ2n) is 5.94. The molecule has 1 aliphatic rings. The number of hydrogen-bond acceptors (Lipinski definition) is 4. The Morgan fingerprint density at radius 3 is 2.81 bits per heavy atom. The molecule has 0 unspecified atom stereocenters. The van der Waals surface area contributed by atoms with Crippen LogP contribution in [0.4, 0.5) is 5.82 Å². The van der Waals surface area contributed by atoms with E-state index in [0.29, 0.717) is 6.04 Å². The van der Waals surface area contributed by atoms with Crippen LogP contribution in [0, 0.1) is 0 Å². The molecule has 1 N–H and O–H groups in total. The second kappa shape index (κ2) is 6.58. The van der Waals surface area contributed by atoms with Gasteiger partial charge in [0.1, 0.15) is 5.82 Å². The molecule has 0 atom stereocenters. The minimum Gasteiger partial charge on any atom is -0.349 e. The molecule has 0 bridgehead atoms. The summed E-state index contributed by atoms with van der Waals surface area (Å²) in [5, 5.41) is 5.67. The fourth-order valence-electron chi connectivity index (χ4n) is 2.36. The number of pyridine rings is 1. The van der Waals surface area contributed by atoms with Crippen molar-refractivity contribution in [3.63, 3.8) is 0 Å². The predicted octanol–water partition coefficient (Wildman–Crippen LogP) is 3.81. The lowest BCUT2D eigenvalue weighted by Crippen LogP contribution is -2.31. The number of aromatic nitrogens is 1. The lowest BCUT2D eigenvalue weighted by atomic mass is 10.2. The zero-order chi connectivity index (χ0) is 14.7. The van der Waals surface area contributed by atoms with Crippen LogP contribution in [0.5, 0.6) is 0 Å². The summed E-state index contributed by atoms with van der Waals surface area (Å²) in [4.78, 5) is 8.59. The Labute approximate surface area is 131 Å². The monoisotopic (exact) mass is 301 g/mol. The molecule has 1 fully saturated rings. The molecule has 2 heterocycles. The Morgan fingerprint density at radius 1 is 1.29 bits per heavy atom. The van der Waals surface area contributed by atoms with Gasteiger partial charge in [0.15, 0.2) is 0 Å². The van der Waals surface area contributed by atoms with Gasteiger partial charge in [-0.05, 0) is 50.3 Å². The van der Waals surface area contributed by atoms with Crippen LogP contribution in [0.2, 0.25) is 0 Å². The lowest BCUT2D eigenvalue weighted by Gasteiger charge is -2.27. The molecular weight excluding hydrogens is 278 g/mol. The van der Waals surface area contributed by atoms with Gasteiger partial charge < -0.3 is 10.2 Å². The standard InChI is InChI=1S/C17H23N3S/c1-13(2)20(12-16-6-4-10-21-16)17-7-3-5-15(19-17)11-18-14-8-9-14/h3-7,10,13-14,18H,8-9,11-12H2,1-2H3. The summed E-state index contributed by atoms with van der Waals surface area (Å²) in [6.07, 6.45) is 2.63. The summed E-state index contributed by atoms with van der Waals surface area (Å²) in [6.45, 7) is 6.26. The van der Waals surface area contributed by atoms with Gasteiger partial charge in [-0.15, -0.1) is 11.3 Å². The van der Waals surface area contributed by atoms with Crippen LogP contribution < -0.4 is 10.2 Å². The van der Waals surface area contributed by atoms with E-state index in [1.165, 1.54) is 17.7 Å². The van der Waals surface area contributed by atoms with Crippen LogP contribution in [-0.2, 0) is 13.1 Å². The second-order valence-corrected chi connectivity index (χ2v) is 6.98. The number of nitrogens with zero attached hydrogens (tertiary/aromatic N) is 2. The molecular formula is C17H23N3S. The molecule has 3 rings (SSSR count). The molecule has 2 aromatic rings. The smallest absolute Gasteiger partial charge is 0.129 e. The van der Waals surface area contributed by atoms with E-state index in [-0.39, 0.29) is 0 Å². The number of rotatable bonds is 7. The van der Waals surface area contributed by atoms with E-state index < -0.39 is 0 Å². The van der Waals surface area contributed by atoms with Crippen molar-refractivity contribution in [2.24, 2.45) is 0 Å². The molecule has 4 heteroatoms. The first-order valence-electron chi connectivity index (χ1n) is 7.70. The topological polar surface area (TPSA) is 28.2 Å². The quantitative estimate of drug-likeness (QED) is 0.843. The van der Waals surface area contributed by atoms with E-state index >= 15 is 0 Å². The predicted molar refractivity (Wildman–Crippen MR) is 89.7 cm³/mol. The molecule has 2 aromatic heterocycles. The van der Waals surface area contributed by atoms with Crippen LogP contribution >= 0.6 is 11.3 Å². The highest BCUT2D eigenvalue weighted by Gasteiger charge is 2.20. The number of thiophene rings is 1. The number of nitrogens with one attached hydrogen (secondary N) is 1. The fraction of sp³-hybridized carbons (Fsp3) is 0.471. The van der Waals surface area contributed by atoms with Gasteiger partial charge in [-0.2, -0.15) is 0 Å². The van der Waals surface area contributed by atoms with Gasteiger partial charge in [-0.1, -0.05) is 12.1 Å². The number of hydrogen-bond donors (Lipinski definition) is 1. The van der Waals surface area contributed by atoms with E-state index in [2.05, 4.69) is 59.8 Å². The van der Waals surface area contributed by atoms with Crippen molar-refractivity contribution in [1.29, 1.82) is 0 Å². The minimum atomic E-state index is 0.436. The first kappa shape index (κ1) is 14.5. The van der Waals surface area contributed by atoms with Gasteiger partial charge >= 0.3 is 0 Å². The lowest BCUT2D eigenvalue weighted by molar-refractivity contribution is 0.655. The normalized spacial score (nSPS) is 14.6. The van der Waals surface area contributed by atoms with Gasteiger partial charge in [0.25, 0.3) is 0 Å². The van der Waals surface area contributed by atoms with Crippen LogP contribution in [-0.4, -0.2) is 17.1 Å². The first-order chi connectivity index (χ1) is 10.2. The zero-order valence-corrected chi connectivity index (χ0v) is 13.6. The Bertz CT molecular complexity index is 561. The Balaban J connectivity index is 1.72. The summed E-state index contributed by atoms with van der Waals surface area (Å²) in [5.41, 5.74) is 1.14. The zero-order valence-electron chi connectivity index (χ0n) is 12.7. The van der Waals surface area contributed by atoms with E-state index in [1.54, 1.807) is 0 Å². The molecule has 0 amide bonds. The maximum absolute atomic E-state index is 4.84. The molecule has 21 heavy (non-hydrogen) atoms. The van der Waals surface area contributed by atoms with Crippen molar-refractivity contribution in [3.8, 4) is 0 Å². The van der Waals surface area contributed by atoms with Crippen molar-refractivity contribution < 1.29 is 0 Å². The highest BCUT2D eigenvalue weighted by molar-refractivity contribution is 7.09. The van der Waals surface area contributed by atoms with Crippen LogP contribution in [0.15, 0.2) is 35.7 Å². The third-order valence-corrected chi connectivity index (χ3v) is 4.63. The molecule has 0 aliphatic heterocycles. The third-order valence-electron chi connectivity index (χ3n) is 3.77. The highest BCUT2D eigenvalue weighted by atomic mass is 32.1. The first-order valence-corrected chi connectivity index (χ1v) is 8.58. The maximum atomic E-state index is 4.84. The summed E-state index contributed by atoms with van der Waals surface area (Å²) in [5.74, 6) is 1.08. The largest absolute Gasteiger partial charge is 0.349 e. The van der Waals surface area contributed by atoms with Gasteiger partial charge in [0, 0.05) is 23.5 Å². The highest BCUT2D eigenvalue weighted by Crippen LogP contribution is 2.22. The Morgan fingerprint density at radius 2 is 2.14 bits per heavy atom. The van der Waals surface area contributed by atoms with Gasteiger partial charge in [-0.3, -0.25) is 0 Å². The SMILES string of the molecule is CC(C)N(Cc1cccs1)c1cccc(CNC2CC2)n1. The van der Waals surface area contributed by atoms with E-state index in [4.69, 9.17) is 4.98 Å². The van der Waals surface area contributed by atoms with E-state index in [0.717, 1.165) is 30.6 Å². The molecule has 3 nitrogen and oxygen atoms in total. The summed E-state index contributed by atoms with van der Waals surface area (Å²) in [6, 6.07) is 11.8. The van der Waals surface area contributed by atoms with Gasteiger partial charge in [0.05, 0.1) is 12.2 Å². The van der Waals surface area contributed by atoms with Crippen molar-refractivity contribution in [2.45, 2.75) is 51.9 Å². The fourth-order valence-corrected chi connectivity index (χ4v) is 3.06. The average molecular weight is 301 g/mol. The van der Waals surface area contributed by atoms with Crippen molar-refractivity contribution >= 4 is 17.2 Å². The van der Waals surface area contributed by atoms with Crippen molar-refractivity contribution in [1.82, 2.24) is 10.3 Å². The molecule has 1 saturated carbocycles. The molecule has 0 aromatic carbocycles. The minimum absolute atomic E-state index is 0.436. The Kier molecular flexibility index (Phi) is 4.56. The van der Waals surface area contributed by atoms with Crippen LogP contribution in [0.1, 0.15) is 37.3 Å². The molecule has 0 radical (unpaired) electrons. The number of anilines is 1. The third kappa shape index (κ3) is 4.05. The van der Waals surface area contributed by atoms with Crippen LogP contribution in [0.3, 0.4) is 0 Å². The Hall–Kier alpha value is -1.39. The average Bonchev–Trinajstić information content (AvgIpc) is 3.17. The van der Waals surface area contributed by atoms with Gasteiger partial charge in [0.2, 0.25) is 0 Å². The van der Waals surface area contributed by atoms with Crippen molar-refractivity contribution in [2.75, 3.05) is 4.90 Å². The van der Waals surface area contributed by atoms with Crippen molar-refractivity contribution in [3.05, 3.63) is 46.3 Å². The van der Waals surface area contributed by atoms with Crippen LogP contribution in [0.25, 0.3) is 0 Å². The van der Waals surface area contributed by atoms with Gasteiger partial charge in [-0.25, -0.2) is 4.98 Å². The summed E-state index contributed by atoms with van der Waals surface area (Å²) in [7, 11) is 0. The van der Waals surface area contributed by atoms with E-state index in [9.17, 15) is 0 Å². The molecule has 0 spiro atoms. The molecule has 1 aliphatic carbocycles. The van der Waals surface area contributed by atoms with E-state index in [1.807, 2.05) is 11.3 Å². The summed E-state index contributed by atoms with van der Waals surface area (Å²) < 4.78 is 0. The molecule has 112 valence electrons. The molecule has 0 saturated heterocycles. The maximum Gasteiger partial charge on any atom is 0.129 e.